The average Bonchev–Trinajstić information content (AvgIpc) is 2.79. The van der Waals surface area contributed by atoms with Gasteiger partial charge in [0.05, 0.1) is 12.2 Å². The van der Waals surface area contributed by atoms with E-state index in [9.17, 15) is 0 Å². The van der Waals surface area contributed by atoms with Gasteiger partial charge in [-0.2, -0.15) is 0 Å². The molecule has 0 aliphatic heterocycles. The highest BCUT2D eigenvalue weighted by Gasteiger charge is 2.12. The summed E-state index contributed by atoms with van der Waals surface area (Å²) in [5.41, 5.74) is 1.12. The number of aryl methyl sites for hydroxylation is 2. The van der Waals surface area contributed by atoms with Crippen LogP contribution in [0.15, 0.2) is 4.99 Å². The fourth-order valence-corrected chi connectivity index (χ4v) is 3.45. The van der Waals surface area contributed by atoms with E-state index in [4.69, 9.17) is 0 Å². The molecule has 1 rings (SSSR count). The first-order valence-electron chi connectivity index (χ1n) is 8.48. The SMILES string of the molecule is CN=C(NCCCN(C(C)C)C(C)C)NCc1nc(C)c(C)s1. The predicted octanol–water partition coefficient (Wildman–Crippen LogP) is 2.93. The van der Waals surface area contributed by atoms with Crippen LogP contribution in [0, 0.1) is 13.8 Å². The number of rotatable bonds is 8. The zero-order valence-electron chi connectivity index (χ0n) is 15.7. The molecule has 0 aliphatic carbocycles. The zero-order chi connectivity index (χ0) is 17.4. The van der Waals surface area contributed by atoms with Crippen molar-refractivity contribution in [3.8, 4) is 0 Å². The van der Waals surface area contributed by atoms with E-state index in [1.54, 1.807) is 11.3 Å². The molecule has 5 nitrogen and oxygen atoms in total. The van der Waals surface area contributed by atoms with Crippen molar-refractivity contribution < 1.29 is 0 Å². The minimum atomic E-state index is 0.587. The molecule has 0 atom stereocenters. The lowest BCUT2D eigenvalue weighted by molar-refractivity contribution is 0.173. The van der Waals surface area contributed by atoms with E-state index in [0.29, 0.717) is 12.1 Å². The van der Waals surface area contributed by atoms with Gasteiger partial charge in [0.2, 0.25) is 0 Å². The molecule has 0 amide bonds. The maximum atomic E-state index is 4.54. The van der Waals surface area contributed by atoms with Crippen LogP contribution in [0.3, 0.4) is 0 Å². The third kappa shape index (κ3) is 6.87. The molecule has 23 heavy (non-hydrogen) atoms. The number of thiazole rings is 1. The van der Waals surface area contributed by atoms with Crippen LogP contribution in [-0.4, -0.2) is 48.1 Å². The highest BCUT2D eigenvalue weighted by molar-refractivity contribution is 7.11. The number of hydrogen-bond acceptors (Lipinski definition) is 4. The number of guanidine groups is 1. The van der Waals surface area contributed by atoms with Crippen LogP contribution in [-0.2, 0) is 6.54 Å². The number of hydrogen-bond donors (Lipinski definition) is 2. The van der Waals surface area contributed by atoms with E-state index in [0.717, 1.165) is 42.7 Å². The normalized spacial score (nSPS) is 12.5. The molecule has 0 aliphatic rings. The second-order valence-electron chi connectivity index (χ2n) is 6.38. The summed E-state index contributed by atoms with van der Waals surface area (Å²) >= 11 is 1.74. The molecule has 0 bridgehead atoms. The standard InChI is InChI=1S/C17H33N5S/c1-12(2)22(13(3)4)10-8-9-19-17(18-7)20-11-16-21-14(5)15(6)23-16/h12-13H,8-11H2,1-7H3,(H2,18,19,20). The third-order valence-electron chi connectivity index (χ3n) is 3.92. The first-order chi connectivity index (χ1) is 10.8. The van der Waals surface area contributed by atoms with Crippen molar-refractivity contribution in [2.75, 3.05) is 20.1 Å². The molecular formula is C17H33N5S. The van der Waals surface area contributed by atoms with Gasteiger partial charge in [-0.05, 0) is 48.0 Å². The summed E-state index contributed by atoms with van der Waals surface area (Å²) in [6.45, 7) is 15.9. The Labute approximate surface area is 145 Å². The molecule has 6 heteroatoms. The molecule has 0 saturated heterocycles. The Morgan fingerprint density at radius 2 is 1.83 bits per heavy atom. The fraction of sp³-hybridized carbons (Fsp3) is 0.765. The van der Waals surface area contributed by atoms with Crippen LogP contribution in [0.1, 0.15) is 49.7 Å². The van der Waals surface area contributed by atoms with Gasteiger partial charge < -0.3 is 10.6 Å². The van der Waals surface area contributed by atoms with Crippen LogP contribution in [0.25, 0.3) is 0 Å². The molecule has 0 aromatic carbocycles. The number of aromatic nitrogens is 1. The van der Waals surface area contributed by atoms with E-state index < -0.39 is 0 Å². The Morgan fingerprint density at radius 1 is 1.17 bits per heavy atom. The molecule has 0 fully saturated rings. The van der Waals surface area contributed by atoms with Gasteiger partial charge in [-0.1, -0.05) is 0 Å². The lowest BCUT2D eigenvalue weighted by Crippen LogP contribution is -2.41. The van der Waals surface area contributed by atoms with Crippen LogP contribution >= 0.6 is 11.3 Å². The molecular weight excluding hydrogens is 306 g/mol. The first kappa shape index (κ1) is 19.9. The topological polar surface area (TPSA) is 52.6 Å². The minimum absolute atomic E-state index is 0.587. The molecule has 0 saturated carbocycles. The van der Waals surface area contributed by atoms with Gasteiger partial charge >= 0.3 is 0 Å². The Kier molecular flexibility index (Phi) is 8.55. The van der Waals surface area contributed by atoms with Gasteiger partial charge in [0, 0.05) is 37.1 Å². The summed E-state index contributed by atoms with van der Waals surface area (Å²) < 4.78 is 0. The van der Waals surface area contributed by atoms with Gasteiger partial charge in [-0.3, -0.25) is 9.89 Å². The Balaban J connectivity index is 2.31. The largest absolute Gasteiger partial charge is 0.356 e. The van der Waals surface area contributed by atoms with Crippen molar-refractivity contribution in [2.24, 2.45) is 4.99 Å². The predicted molar refractivity (Wildman–Crippen MR) is 101 cm³/mol. The van der Waals surface area contributed by atoms with Crippen molar-refractivity contribution in [2.45, 2.75) is 66.6 Å². The summed E-state index contributed by atoms with van der Waals surface area (Å²) in [6.07, 6.45) is 1.10. The van der Waals surface area contributed by atoms with Gasteiger partial charge in [0.25, 0.3) is 0 Å². The smallest absolute Gasteiger partial charge is 0.191 e. The number of aliphatic imine (C=N–C) groups is 1. The van der Waals surface area contributed by atoms with Crippen molar-refractivity contribution in [1.29, 1.82) is 0 Å². The van der Waals surface area contributed by atoms with Gasteiger partial charge in [0.15, 0.2) is 5.96 Å². The molecule has 0 radical (unpaired) electrons. The second-order valence-corrected chi connectivity index (χ2v) is 7.67. The van der Waals surface area contributed by atoms with E-state index in [2.05, 4.69) is 67.1 Å². The van der Waals surface area contributed by atoms with Gasteiger partial charge in [-0.15, -0.1) is 11.3 Å². The fourth-order valence-electron chi connectivity index (χ4n) is 2.58. The van der Waals surface area contributed by atoms with Crippen molar-refractivity contribution in [1.82, 2.24) is 20.5 Å². The van der Waals surface area contributed by atoms with Crippen LogP contribution in [0.4, 0.5) is 0 Å². The van der Waals surface area contributed by atoms with Gasteiger partial charge in [0.1, 0.15) is 5.01 Å². The Hall–Kier alpha value is -1.14. The number of nitrogens with zero attached hydrogens (tertiary/aromatic N) is 3. The van der Waals surface area contributed by atoms with E-state index in [1.807, 2.05) is 7.05 Å². The first-order valence-corrected chi connectivity index (χ1v) is 9.30. The number of nitrogens with one attached hydrogen (secondary N) is 2. The minimum Gasteiger partial charge on any atom is -0.356 e. The third-order valence-corrected chi connectivity index (χ3v) is 4.99. The Morgan fingerprint density at radius 3 is 2.30 bits per heavy atom. The lowest BCUT2D eigenvalue weighted by Gasteiger charge is -2.30. The summed E-state index contributed by atoms with van der Waals surface area (Å²) in [5, 5.41) is 7.82. The molecule has 0 spiro atoms. The summed E-state index contributed by atoms with van der Waals surface area (Å²) in [6, 6.07) is 1.17. The van der Waals surface area contributed by atoms with E-state index in [-0.39, 0.29) is 0 Å². The van der Waals surface area contributed by atoms with E-state index in [1.165, 1.54) is 4.88 Å². The average molecular weight is 340 g/mol. The highest BCUT2D eigenvalue weighted by atomic mass is 32.1. The maximum Gasteiger partial charge on any atom is 0.191 e. The summed E-state index contributed by atoms with van der Waals surface area (Å²) in [7, 11) is 1.81. The molecule has 2 N–H and O–H groups in total. The highest BCUT2D eigenvalue weighted by Crippen LogP contribution is 2.15. The quantitative estimate of drug-likeness (QED) is 0.434. The van der Waals surface area contributed by atoms with E-state index >= 15 is 0 Å². The van der Waals surface area contributed by atoms with Crippen LogP contribution in [0.5, 0.6) is 0 Å². The van der Waals surface area contributed by atoms with Crippen LogP contribution < -0.4 is 10.6 Å². The second kappa shape index (κ2) is 9.88. The van der Waals surface area contributed by atoms with Crippen molar-refractivity contribution in [3.05, 3.63) is 15.6 Å². The van der Waals surface area contributed by atoms with Crippen molar-refractivity contribution in [3.63, 3.8) is 0 Å². The zero-order valence-corrected chi connectivity index (χ0v) is 16.5. The molecule has 1 heterocycles. The lowest BCUT2D eigenvalue weighted by atomic mass is 10.2. The molecule has 132 valence electrons. The van der Waals surface area contributed by atoms with Crippen molar-refractivity contribution >= 4 is 17.3 Å². The molecule has 0 unspecified atom stereocenters. The Bertz CT molecular complexity index is 466. The van der Waals surface area contributed by atoms with Gasteiger partial charge in [-0.25, -0.2) is 4.98 Å². The molecule has 1 aromatic rings. The molecule has 1 aromatic heterocycles. The monoisotopic (exact) mass is 339 g/mol. The van der Waals surface area contributed by atoms with Crippen LogP contribution in [0.2, 0.25) is 0 Å². The summed E-state index contributed by atoms with van der Waals surface area (Å²) in [4.78, 5) is 12.6. The maximum absolute atomic E-state index is 4.54. The summed E-state index contributed by atoms with van der Waals surface area (Å²) in [5.74, 6) is 0.844.